The molecule has 1 fully saturated rings. The molecule has 112 valence electrons. The van der Waals surface area contributed by atoms with E-state index in [1.165, 1.54) is 0 Å². The molecule has 3 N–H and O–H groups in total. The number of aliphatic hydroxyl groups is 1. The van der Waals surface area contributed by atoms with Gasteiger partial charge in [-0.25, -0.2) is 4.98 Å². The number of hydrogen-bond acceptors (Lipinski definition) is 5. The minimum absolute atomic E-state index is 0.0949. The van der Waals surface area contributed by atoms with Crippen molar-refractivity contribution in [2.45, 2.75) is 37.9 Å². The van der Waals surface area contributed by atoms with Gasteiger partial charge < -0.3 is 15.7 Å². The van der Waals surface area contributed by atoms with Crippen molar-refractivity contribution in [2.75, 3.05) is 23.8 Å². The Morgan fingerprint density at radius 3 is 2.50 bits per heavy atom. The van der Waals surface area contributed by atoms with E-state index in [-0.39, 0.29) is 25.0 Å². The van der Waals surface area contributed by atoms with Crippen LogP contribution in [0.25, 0.3) is 0 Å². The summed E-state index contributed by atoms with van der Waals surface area (Å²) in [6.07, 6.45) is -0.749. The summed E-state index contributed by atoms with van der Waals surface area (Å²) in [5.41, 5.74) is 4.32. The molecule has 5 nitrogen and oxygen atoms in total. The van der Waals surface area contributed by atoms with Crippen LogP contribution in [0.5, 0.6) is 0 Å². The summed E-state index contributed by atoms with van der Waals surface area (Å²) in [4.78, 5) is 8.81. The van der Waals surface area contributed by atoms with Gasteiger partial charge in [0.2, 0.25) is 5.95 Å². The summed E-state index contributed by atoms with van der Waals surface area (Å²) in [5, 5.41) is 9.12. The predicted molar refractivity (Wildman–Crippen MR) is 68.1 cm³/mol. The number of anilines is 2. The van der Waals surface area contributed by atoms with E-state index in [2.05, 4.69) is 9.97 Å². The Balaban J connectivity index is 2.34. The Morgan fingerprint density at radius 1 is 1.30 bits per heavy atom. The highest BCUT2D eigenvalue weighted by Crippen LogP contribution is 2.32. The number of aromatic nitrogens is 2. The second-order valence-electron chi connectivity index (χ2n) is 4.82. The van der Waals surface area contributed by atoms with Crippen LogP contribution in [-0.4, -0.2) is 34.3 Å². The summed E-state index contributed by atoms with van der Waals surface area (Å²) >= 11 is 0. The summed E-state index contributed by atoms with van der Waals surface area (Å²) in [7, 11) is 0. The van der Waals surface area contributed by atoms with Gasteiger partial charge in [-0.2, -0.15) is 18.2 Å². The lowest BCUT2D eigenvalue weighted by molar-refractivity contribution is -0.141. The minimum atomic E-state index is -4.56. The molecule has 20 heavy (non-hydrogen) atoms. The highest BCUT2D eigenvalue weighted by Gasteiger charge is 2.34. The molecule has 0 aromatic carbocycles. The molecule has 0 radical (unpaired) electrons. The highest BCUT2D eigenvalue weighted by atomic mass is 19.4. The van der Waals surface area contributed by atoms with Crippen LogP contribution in [0.3, 0.4) is 0 Å². The van der Waals surface area contributed by atoms with Gasteiger partial charge in [-0.05, 0) is 12.8 Å². The second-order valence-corrected chi connectivity index (χ2v) is 4.82. The quantitative estimate of drug-likeness (QED) is 0.884. The van der Waals surface area contributed by atoms with Gasteiger partial charge in [0.25, 0.3) is 0 Å². The van der Waals surface area contributed by atoms with E-state index in [1.54, 1.807) is 4.90 Å². The number of halogens is 3. The highest BCUT2D eigenvalue weighted by molar-refractivity contribution is 5.45. The third-order valence-electron chi connectivity index (χ3n) is 3.42. The zero-order chi connectivity index (χ0) is 14.8. The van der Waals surface area contributed by atoms with Crippen LogP contribution in [0.1, 0.15) is 31.4 Å². The van der Waals surface area contributed by atoms with E-state index in [0.29, 0.717) is 0 Å². The maximum absolute atomic E-state index is 12.8. The molecule has 0 unspecified atom stereocenters. The van der Waals surface area contributed by atoms with Gasteiger partial charge in [-0.1, -0.05) is 12.8 Å². The number of nitrogen functional groups attached to an aromatic ring is 1. The van der Waals surface area contributed by atoms with Gasteiger partial charge in [0.1, 0.15) is 5.82 Å². The lowest BCUT2D eigenvalue weighted by atomic mass is 10.2. The van der Waals surface area contributed by atoms with E-state index in [4.69, 9.17) is 10.8 Å². The maximum Gasteiger partial charge on any atom is 0.433 e. The number of nitrogens with zero attached hydrogens (tertiary/aromatic N) is 3. The zero-order valence-electron chi connectivity index (χ0n) is 10.9. The number of aliphatic hydroxyl groups excluding tert-OH is 1. The van der Waals surface area contributed by atoms with E-state index in [0.717, 1.165) is 31.7 Å². The van der Waals surface area contributed by atoms with Crippen LogP contribution in [0.2, 0.25) is 0 Å². The first-order chi connectivity index (χ1) is 9.41. The molecule has 0 aliphatic heterocycles. The Kier molecular flexibility index (Phi) is 4.32. The molecule has 1 heterocycles. The molecule has 1 aromatic rings. The fraction of sp³-hybridized carbons (Fsp3) is 0.667. The molecule has 0 bridgehead atoms. The SMILES string of the molecule is Nc1nc(N(CCO)C2CCCC2)cc(C(F)(F)F)n1. The van der Waals surface area contributed by atoms with Gasteiger partial charge in [-0.3, -0.25) is 0 Å². The molecule has 0 saturated heterocycles. The summed E-state index contributed by atoms with van der Waals surface area (Å²) in [6, 6.07) is 0.988. The first kappa shape index (κ1) is 14.8. The van der Waals surface area contributed by atoms with Crippen molar-refractivity contribution >= 4 is 11.8 Å². The molecule has 8 heteroatoms. The fourth-order valence-corrected chi connectivity index (χ4v) is 2.55. The first-order valence-corrected chi connectivity index (χ1v) is 6.51. The largest absolute Gasteiger partial charge is 0.433 e. The van der Waals surface area contributed by atoms with E-state index in [1.807, 2.05) is 0 Å². The molecule has 1 aliphatic rings. The van der Waals surface area contributed by atoms with Crippen molar-refractivity contribution < 1.29 is 18.3 Å². The van der Waals surface area contributed by atoms with Gasteiger partial charge in [0.05, 0.1) is 6.61 Å². The lowest BCUT2D eigenvalue weighted by Gasteiger charge is -2.29. The summed E-state index contributed by atoms with van der Waals surface area (Å²) < 4.78 is 38.3. The van der Waals surface area contributed by atoms with Crippen LogP contribution < -0.4 is 10.6 Å². The van der Waals surface area contributed by atoms with Gasteiger partial charge in [0, 0.05) is 18.7 Å². The first-order valence-electron chi connectivity index (χ1n) is 6.51. The normalized spacial score (nSPS) is 16.6. The van der Waals surface area contributed by atoms with Gasteiger partial charge >= 0.3 is 6.18 Å². The van der Waals surface area contributed by atoms with Crippen LogP contribution in [-0.2, 0) is 6.18 Å². The molecular formula is C12H17F3N4O. The number of nitrogens with two attached hydrogens (primary N) is 1. The minimum Gasteiger partial charge on any atom is -0.395 e. The topological polar surface area (TPSA) is 75.3 Å². The molecule has 2 rings (SSSR count). The van der Waals surface area contributed by atoms with Crippen LogP contribution in [0.4, 0.5) is 24.9 Å². The second kappa shape index (κ2) is 5.82. The fourth-order valence-electron chi connectivity index (χ4n) is 2.55. The van der Waals surface area contributed by atoms with Crippen LogP contribution in [0, 0.1) is 0 Å². The van der Waals surface area contributed by atoms with Crippen LogP contribution in [0.15, 0.2) is 6.07 Å². The molecule has 0 spiro atoms. The third-order valence-corrected chi connectivity index (χ3v) is 3.42. The van der Waals surface area contributed by atoms with Crippen molar-refractivity contribution in [3.05, 3.63) is 11.8 Å². The average Bonchev–Trinajstić information content (AvgIpc) is 2.87. The molecule has 1 aromatic heterocycles. The third kappa shape index (κ3) is 3.30. The van der Waals surface area contributed by atoms with E-state index in [9.17, 15) is 13.2 Å². The standard InChI is InChI=1S/C12H17F3N4O/c13-12(14,15)9-7-10(18-11(16)17-9)19(5-6-20)8-3-1-2-4-8/h7-8,20H,1-6H2,(H2,16,17,18). The van der Waals surface area contributed by atoms with Gasteiger partial charge in [0.15, 0.2) is 5.69 Å². The monoisotopic (exact) mass is 290 g/mol. The van der Waals surface area contributed by atoms with E-state index < -0.39 is 17.8 Å². The Bertz CT molecular complexity index is 461. The van der Waals surface area contributed by atoms with Gasteiger partial charge in [-0.15, -0.1) is 0 Å². The Morgan fingerprint density at radius 2 is 1.95 bits per heavy atom. The van der Waals surface area contributed by atoms with Crippen molar-refractivity contribution in [3.8, 4) is 0 Å². The molecular weight excluding hydrogens is 273 g/mol. The molecule has 1 aliphatic carbocycles. The Hall–Kier alpha value is -1.57. The molecule has 0 atom stereocenters. The Labute approximate surface area is 114 Å². The zero-order valence-corrected chi connectivity index (χ0v) is 10.9. The molecule has 0 amide bonds. The van der Waals surface area contributed by atoms with Crippen molar-refractivity contribution in [2.24, 2.45) is 0 Å². The van der Waals surface area contributed by atoms with Crippen molar-refractivity contribution in [1.29, 1.82) is 0 Å². The predicted octanol–water partition coefficient (Wildman–Crippen LogP) is 1.82. The summed E-state index contributed by atoms with van der Waals surface area (Å²) in [6.45, 7) is 0.0835. The number of rotatable bonds is 4. The number of hydrogen-bond donors (Lipinski definition) is 2. The van der Waals surface area contributed by atoms with Crippen LogP contribution >= 0.6 is 0 Å². The van der Waals surface area contributed by atoms with E-state index >= 15 is 0 Å². The maximum atomic E-state index is 12.8. The van der Waals surface area contributed by atoms with Crippen molar-refractivity contribution in [3.63, 3.8) is 0 Å². The smallest absolute Gasteiger partial charge is 0.395 e. The summed E-state index contributed by atoms with van der Waals surface area (Å²) in [5.74, 6) is -0.276. The van der Waals surface area contributed by atoms with Crippen molar-refractivity contribution in [1.82, 2.24) is 9.97 Å². The molecule has 1 saturated carbocycles. The average molecular weight is 290 g/mol. The lowest BCUT2D eigenvalue weighted by Crippen LogP contribution is -2.36. The number of alkyl halides is 3.